The van der Waals surface area contributed by atoms with Crippen LogP contribution in [0, 0.1) is 5.92 Å². The summed E-state index contributed by atoms with van der Waals surface area (Å²) in [5, 5.41) is 5.59. The molecular weight excluding hydrogens is 340 g/mol. The second-order valence-corrected chi connectivity index (χ2v) is 7.28. The highest BCUT2D eigenvalue weighted by Gasteiger charge is 2.35. The second-order valence-electron chi connectivity index (χ2n) is 6.88. The number of hydrogen-bond donors (Lipinski definition) is 2. The van der Waals surface area contributed by atoms with Crippen LogP contribution in [-0.2, 0) is 0 Å². The molecule has 2 aliphatic rings. The average Bonchev–Trinajstić information content (AvgIpc) is 3.29. The van der Waals surface area contributed by atoms with E-state index < -0.39 is 0 Å². The van der Waals surface area contributed by atoms with E-state index >= 15 is 0 Å². The average molecular weight is 359 g/mol. The summed E-state index contributed by atoms with van der Waals surface area (Å²) >= 11 is 6.65. The van der Waals surface area contributed by atoms with Gasteiger partial charge in [-0.25, -0.2) is 0 Å². The zero-order valence-electron chi connectivity index (χ0n) is 14.2. The van der Waals surface area contributed by atoms with Crippen LogP contribution in [0.3, 0.4) is 0 Å². The van der Waals surface area contributed by atoms with Gasteiger partial charge in [0.15, 0.2) is 0 Å². The largest absolute Gasteiger partial charge is 0.384 e. The first kappa shape index (κ1) is 15.5. The van der Waals surface area contributed by atoms with E-state index in [0.717, 1.165) is 16.1 Å². The Morgan fingerprint density at radius 1 is 0.885 bits per heavy atom. The summed E-state index contributed by atoms with van der Waals surface area (Å²) in [5.41, 5.74) is 4.93. The van der Waals surface area contributed by atoms with Crippen LogP contribution in [0.2, 0.25) is 5.02 Å². The molecule has 2 heterocycles. The molecule has 0 saturated carbocycles. The van der Waals surface area contributed by atoms with E-state index in [-0.39, 0.29) is 5.92 Å². The normalized spacial score (nSPS) is 22.1. The van der Waals surface area contributed by atoms with Crippen molar-refractivity contribution in [2.24, 2.45) is 5.92 Å². The number of aromatic nitrogens is 1. The molecule has 1 aliphatic heterocycles. The van der Waals surface area contributed by atoms with Gasteiger partial charge >= 0.3 is 0 Å². The van der Waals surface area contributed by atoms with Crippen LogP contribution in [0.1, 0.15) is 17.0 Å². The first-order valence-electron chi connectivity index (χ1n) is 8.94. The van der Waals surface area contributed by atoms with E-state index in [2.05, 4.69) is 83.4 Å². The molecule has 0 spiro atoms. The van der Waals surface area contributed by atoms with Crippen molar-refractivity contribution in [1.29, 1.82) is 0 Å². The van der Waals surface area contributed by atoms with Gasteiger partial charge in [-0.05, 0) is 35.0 Å². The Labute approximate surface area is 157 Å². The minimum absolute atomic E-state index is 0.110. The van der Waals surface area contributed by atoms with Crippen molar-refractivity contribution in [3.63, 3.8) is 0 Å². The minimum Gasteiger partial charge on any atom is -0.384 e. The smallest absolute Gasteiger partial charge is 0.0543 e. The van der Waals surface area contributed by atoms with Crippen molar-refractivity contribution in [2.45, 2.75) is 12.0 Å². The summed E-state index contributed by atoms with van der Waals surface area (Å²) in [4.78, 5) is 3.43. The molecule has 0 radical (unpaired) electrons. The van der Waals surface area contributed by atoms with Crippen LogP contribution < -0.4 is 5.32 Å². The van der Waals surface area contributed by atoms with Crippen LogP contribution in [0.15, 0.2) is 90.8 Å². The fourth-order valence-electron chi connectivity index (χ4n) is 4.22. The van der Waals surface area contributed by atoms with Gasteiger partial charge in [-0.2, -0.15) is 0 Å². The third-order valence-corrected chi connectivity index (χ3v) is 5.79. The molecule has 1 aromatic heterocycles. The van der Waals surface area contributed by atoms with Gasteiger partial charge in [0.2, 0.25) is 0 Å². The highest BCUT2D eigenvalue weighted by atomic mass is 35.5. The van der Waals surface area contributed by atoms with Gasteiger partial charge in [-0.15, -0.1) is 0 Å². The Hall–Kier alpha value is -2.71. The lowest BCUT2D eigenvalue weighted by Gasteiger charge is -2.26. The number of allylic oxidation sites excluding steroid dienone is 2. The molecule has 5 rings (SSSR count). The molecule has 26 heavy (non-hydrogen) atoms. The lowest BCUT2D eigenvalue weighted by molar-refractivity contribution is 0.614. The summed E-state index contributed by atoms with van der Waals surface area (Å²) in [5.74, 6) is 0.452. The third kappa shape index (κ3) is 2.41. The van der Waals surface area contributed by atoms with Crippen molar-refractivity contribution in [1.82, 2.24) is 10.3 Å². The molecule has 0 saturated heterocycles. The molecule has 0 fully saturated rings. The number of nitrogens with one attached hydrogen (secondary N) is 2. The van der Waals surface area contributed by atoms with Crippen molar-refractivity contribution < 1.29 is 0 Å². The monoisotopic (exact) mass is 358 g/mol. The van der Waals surface area contributed by atoms with E-state index in [1.165, 1.54) is 16.5 Å². The Morgan fingerprint density at radius 2 is 1.69 bits per heavy atom. The van der Waals surface area contributed by atoms with Crippen molar-refractivity contribution in [3.8, 4) is 0 Å². The third-order valence-electron chi connectivity index (χ3n) is 5.44. The molecule has 2 aromatic carbocycles. The number of benzene rings is 2. The Bertz CT molecular complexity index is 1060. The van der Waals surface area contributed by atoms with Gasteiger partial charge in [0, 0.05) is 34.0 Å². The lowest BCUT2D eigenvalue weighted by Crippen LogP contribution is -2.26. The highest BCUT2D eigenvalue weighted by Crippen LogP contribution is 2.44. The van der Waals surface area contributed by atoms with Crippen molar-refractivity contribution in [3.05, 3.63) is 107 Å². The van der Waals surface area contributed by atoms with Crippen LogP contribution in [0.25, 0.3) is 10.9 Å². The molecule has 1 aliphatic carbocycles. The molecule has 3 aromatic rings. The zero-order chi connectivity index (χ0) is 17.5. The summed E-state index contributed by atoms with van der Waals surface area (Å²) in [7, 11) is 0. The number of rotatable bonds is 3. The number of aromatic amines is 1. The molecule has 3 atom stereocenters. The van der Waals surface area contributed by atoms with Crippen LogP contribution >= 0.6 is 11.6 Å². The molecule has 0 bridgehead atoms. The maximum Gasteiger partial charge on any atom is 0.0543 e. The zero-order valence-corrected chi connectivity index (χ0v) is 14.9. The number of fused-ring (bicyclic) bond motifs is 2. The maximum absolute atomic E-state index is 6.65. The predicted octanol–water partition coefficient (Wildman–Crippen LogP) is 5.55. The Balaban J connectivity index is 1.71. The fraction of sp³-hybridized carbons (Fsp3) is 0.130. The lowest BCUT2D eigenvalue weighted by atomic mass is 9.77. The van der Waals surface area contributed by atoms with Gasteiger partial charge < -0.3 is 10.3 Å². The highest BCUT2D eigenvalue weighted by molar-refractivity contribution is 6.31. The van der Waals surface area contributed by atoms with E-state index in [1.54, 1.807) is 0 Å². The Morgan fingerprint density at radius 3 is 2.62 bits per heavy atom. The molecule has 2 nitrogen and oxygen atoms in total. The summed E-state index contributed by atoms with van der Waals surface area (Å²) in [6, 6.07) is 17.0. The van der Waals surface area contributed by atoms with Crippen LogP contribution in [-0.4, -0.2) is 11.0 Å². The number of para-hydroxylation sites is 1. The summed E-state index contributed by atoms with van der Waals surface area (Å²) < 4.78 is 0. The standard InChI is InChI=1S/C23H19ClN2/c24-20-10-4-1-9-17(20)23(18-13-25-21-11-5-2-7-15(18)21)19-14-26-22-12-6-3-8-16(19)22/h1-15,21,23,25-26H. The van der Waals surface area contributed by atoms with Crippen molar-refractivity contribution in [2.75, 3.05) is 0 Å². The quantitative estimate of drug-likeness (QED) is 0.631. The number of hydrogen-bond acceptors (Lipinski definition) is 1. The van der Waals surface area contributed by atoms with Gasteiger partial charge in [-0.3, -0.25) is 0 Å². The van der Waals surface area contributed by atoms with E-state index in [4.69, 9.17) is 11.6 Å². The van der Waals surface area contributed by atoms with Gasteiger partial charge in [0.25, 0.3) is 0 Å². The van der Waals surface area contributed by atoms with E-state index in [0.29, 0.717) is 12.0 Å². The molecule has 0 amide bonds. The van der Waals surface area contributed by atoms with Gasteiger partial charge in [0.1, 0.15) is 0 Å². The molecule has 128 valence electrons. The SMILES string of the molecule is Clc1ccccc1C(C1=CNC2C=CC=CC12)c1c[nH]c2ccccc12. The predicted molar refractivity (Wildman–Crippen MR) is 108 cm³/mol. The number of H-pyrrole nitrogens is 1. The van der Waals surface area contributed by atoms with Crippen molar-refractivity contribution >= 4 is 22.5 Å². The maximum atomic E-state index is 6.65. The fourth-order valence-corrected chi connectivity index (χ4v) is 4.46. The number of halogens is 1. The summed E-state index contributed by atoms with van der Waals surface area (Å²) in [6.07, 6.45) is 13.1. The molecular formula is C23H19ClN2. The first-order chi connectivity index (χ1) is 12.8. The van der Waals surface area contributed by atoms with Gasteiger partial charge in [-0.1, -0.05) is 72.3 Å². The Kier molecular flexibility index (Phi) is 3.72. The van der Waals surface area contributed by atoms with Crippen LogP contribution in [0.4, 0.5) is 0 Å². The van der Waals surface area contributed by atoms with Crippen LogP contribution in [0.5, 0.6) is 0 Å². The molecule has 2 N–H and O–H groups in total. The second kappa shape index (κ2) is 6.22. The summed E-state index contributed by atoms with van der Waals surface area (Å²) in [6.45, 7) is 0. The topological polar surface area (TPSA) is 27.8 Å². The van der Waals surface area contributed by atoms with Gasteiger partial charge in [0.05, 0.1) is 6.04 Å². The first-order valence-corrected chi connectivity index (χ1v) is 9.32. The van der Waals surface area contributed by atoms with E-state index in [9.17, 15) is 0 Å². The minimum atomic E-state index is 0.110. The molecule has 3 heteroatoms. The van der Waals surface area contributed by atoms with E-state index in [1.807, 2.05) is 12.1 Å². The molecule has 3 unspecified atom stereocenters.